The van der Waals surface area contributed by atoms with Crippen LogP contribution in [0.1, 0.15) is 24.5 Å². The molecule has 0 unspecified atom stereocenters. The van der Waals surface area contributed by atoms with Gasteiger partial charge in [-0.1, -0.05) is 23.4 Å². The quantitative estimate of drug-likeness (QED) is 0.670. The number of hydrogen-bond donors (Lipinski definition) is 0. The lowest BCUT2D eigenvalue weighted by atomic mass is 10.2. The second kappa shape index (κ2) is 7.25. The minimum absolute atomic E-state index is 0.359. The van der Waals surface area contributed by atoms with Crippen molar-refractivity contribution in [2.45, 2.75) is 20.0 Å². The lowest BCUT2D eigenvalue weighted by Crippen LogP contribution is -2.04. The van der Waals surface area contributed by atoms with Crippen LogP contribution in [0.15, 0.2) is 47.0 Å². The predicted octanol–water partition coefficient (Wildman–Crippen LogP) is 4.20. The molecule has 0 amide bonds. The molecular formula is C19H20N2O4. The van der Waals surface area contributed by atoms with E-state index in [0.29, 0.717) is 23.2 Å². The number of ether oxygens (including phenoxy) is 3. The van der Waals surface area contributed by atoms with E-state index in [0.717, 1.165) is 16.9 Å². The van der Waals surface area contributed by atoms with E-state index in [1.54, 1.807) is 26.4 Å². The molecule has 3 aromatic rings. The third kappa shape index (κ3) is 3.57. The number of aromatic nitrogens is 2. The van der Waals surface area contributed by atoms with E-state index in [4.69, 9.17) is 18.7 Å². The molecule has 25 heavy (non-hydrogen) atoms. The average Bonchev–Trinajstić information content (AvgIpc) is 3.13. The molecule has 0 N–H and O–H groups in total. The molecule has 1 aromatic heterocycles. The van der Waals surface area contributed by atoms with Gasteiger partial charge in [0.15, 0.2) is 17.6 Å². The SMILES string of the molecule is COc1ccc(-c2noc([C@H](C)Oc3ccccc3C)n2)cc1OC. The molecule has 3 rings (SSSR count). The third-order valence-electron chi connectivity index (χ3n) is 3.83. The summed E-state index contributed by atoms with van der Waals surface area (Å²) in [5.74, 6) is 2.92. The van der Waals surface area contributed by atoms with Crippen LogP contribution in [0, 0.1) is 6.92 Å². The van der Waals surface area contributed by atoms with Crippen molar-refractivity contribution in [2.24, 2.45) is 0 Å². The average molecular weight is 340 g/mol. The van der Waals surface area contributed by atoms with Crippen LogP contribution >= 0.6 is 0 Å². The van der Waals surface area contributed by atoms with Crippen molar-refractivity contribution in [3.05, 3.63) is 53.9 Å². The van der Waals surface area contributed by atoms with Crippen LogP contribution in [0.25, 0.3) is 11.4 Å². The van der Waals surface area contributed by atoms with Crippen LogP contribution in [-0.4, -0.2) is 24.4 Å². The summed E-state index contributed by atoms with van der Waals surface area (Å²) in [6.45, 7) is 3.86. The maximum Gasteiger partial charge on any atom is 0.267 e. The highest BCUT2D eigenvalue weighted by atomic mass is 16.5. The summed E-state index contributed by atoms with van der Waals surface area (Å²) in [7, 11) is 3.18. The van der Waals surface area contributed by atoms with Gasteiger partial charge in [-0.3, -0.25) is 0 Å². The monoisotopic (exact) mass is 340 g/mol. The molecule has 0 fully saturated rings. The summed E-state index contributed by atoms with van der Waals surface area (Å²) in [6.07, 6.45) is -0.359. The minimum Gasteiger partial charge on any atom is -0.493 e. The summed E-state index contributed by atoms with van der Waals surface area (Å²) in [6, 6.07) is 13.3. The van der Waals surface area contributed by atoms with E-state index in [9.17, 15) is 0 Å². The lowest BCUT2D eigenvalue weighted by molar-refractivity contribution is 0.175. The first-order valence-electron chi connectivity index (χ1n) is 7.90. The number of benzene rings is 2. The van der Waals surface area contributed by atoms with Crippen molar-refractivity contribution in [1.29, 1.82) is 0 Å². The van der Waals surface area contributed by atoms with E-state index in [1.807, 2.05) is 44.2 Å². The third-order valence-corrected chi connectivity index (χ3v) is 3.83. The fourth-order valence-electron chi connectivity index (χ4n) is 2.42. The van der Waals surface area contributed by atoms with Gasteiger partial charge in [-0.05, 0) is 43.7 Å². The summed E-state index contributed by atoms with van der Waals surface area (Å²) in [4.78, 5) is 4.44. The number of methoxy groups -OCH3 is 2. The fourth-order valence-corrected chi connectivity index (χ4v) is 2.42. The first-order chi connectivity index (χ1) is 12.1. The van der Waals surface area contributed by atoms with Crippen LogP contribution in [0.4, 0.5) is 0 Å². The number of para-hydroxylation sites is 1. The molecule has 6 nitrogen and oxygen atoms in total. The second-order valence-electron chi connectivity index (χ2n) is 5.55. The van der Waals surface area contributed by atoms with Crippen molar-refractivity contribution in [1.82, 2.24) is 10.1 Å². The van der Waals surface area contributed by atoms with E-state index in [-0.39, 0.29) is 6.10 Å². The van der Waals surface area contributed by atoms with Crippen LogP contribution in [0.5, 0.6) is 17.2 Å². The summed E-state index contributed by atoms with van der Waals surface area (Å²) in [5, 5.41) is 4.04. The Balaban J connectivity index is 1.81. The summed E-state index contributed by atoms with van der Waals surface area (Å²) < 4.78 is 21.8. The zero-order chi connectivity index (χ0) is 17.8. The Morgan fingerprint density at radius 3 is 2.44 bits per heavy atom. The van der Waals surface area contributed by atoms with Gasteiger partial charge in [-0.25, -0.2) is 0 Å². The molecule has 0 saturated carbocycles. The van der Waals surface area contributed by atoms with Gasteiger partial charge in [-0.15, -0.1) is 0 Å². The Kier molecular flexibility index (Phi) is 4.88. The van der Waals surface area contributed by atoms with E-state index >= 15 is 0 Å². The summed E-state index contributed by atoms with van der Waals surface area (Å²) >= 11 is 0. The van der Waals surface area contributed by atoms with Crippen LogP contribution in [-0.2, 0) is 0 Å². The topological polar surface area (TPSA) is 66.6 Å². The van der Waals surface area contributed by atoms with Crippen molar-refractivity contribution in [3.8, 4) is 28.6 Å². The van der Waals surface area contributed by atoms with Gasteiger partial charge < -0.3 is 18.7 Å². The molecule has 0 saturated heterocycles. The molecule has 0 aliphatic rings. The Hall–Kier alpha value is -3.02. The minimum atomic E-state index is -0.359. The predicted molar refractivity (Wildman–Crippen MR) is 93.1 cm³/mol. The first kappa shape index (κ1) is 16.8. The van der Waals surface area contributed by atoms with Crippen molar-refractivity contribution in [3.63, 3.8) is 0 Å². The van der Waals surface area contributed by atoms with Gasteiger partial charge in [0, 0.05) is 5.56 Å². The van der Waals surface area contributed by atoms with Gasteiger partial charge in [-0.2, -0.15) is 4.98 Å². The first-order valence-corrected chi connectivity index (χ1v) is 7.90. The Morgan fingerprint density at radius 1 is 0.960 bits per heavy atom. The molecule has 0 bridgehead atoms. The Bertz CT molecular complexity index is 860. The van der Waals surface area contributed by atoms with Crippen molar-refractivity contribution < 1.29 is 18.7 Å². The highest BCUT2D eigenvalue weighted by Crippen LogP contribution is 2.32. The number of rotatable bonds is 6. The molecule has 2 aromatic carbocycles. The van der Waals surface area contributed by atoms with Gasteiger partial charge in [0.05, 0.1) is 14.2 Å². The highest BCUT2D eigenvalue weighted by molar-refractivity contribution is 5.60. The molecule has 130 valence electrons. The van der Waals surface area contributed by atoms with Crippen LogP contribution < -0.4 is 14.2 Å². The zero-order valence-corrected chi connectivity index (χ0v) is 14.6. The smallest absolute Gasteiger partial charge is 0.267 e. The van der Waals surface area contributed by atoms with Crippen LogP contribution in [0.3, 0.4) is 0 Å². The standard InChI is InChI=1S/C19H20N2O4/c1-12-7-5-6-8-15(12)24-13(2)19-20-18(21-25-19)14-9-10-16(22-3)17(11-14)23-4/h5-11,13H,1-4H3/t13-/m0/s1. The molecule has 0 radical (unpaired) electrons. The van der Waals surface area contributed by atoms with Gasteiger partial charge in [0.25, 0.3) is 5.89 Å². The number of hydrogen-bond acceptors (Lipinski definition) is 6. The number of aryl methyl sites for hydroxylation is 1. The largest absolute Gasteiger partial charge is 0.493 e. The van der Waals surface area contributed by atoms with E-state index in [2.05, 4.69) is 10.1 Å². The highest BCUT2D eigenvalue weighted by Gasteiger charge is 2.18. The molecule has 0 aliphatic heterocycles. The maximum atomic E-state index is 5.92. The Morgan fingerprint density at radius 2 is 1.72 bits per heavy atom. The molecular weight excluding hydrogens is 320 g/mol. The normalized spacial score (nSPS) is 11.8. The van der Waals surface area contributed by atoms with E-state index < -0.39 is 0 Å². The van der Waals surface area contributed by atoms with E-state index in [1.165, 1.54) is 0 Å². The molecule has 6 heteroatoms. The fraction of sp³-hybridized carbons (Fsp3) is 0.263. The number of nitrogens with zero attached hydrogens (tertiary/aromatic N) is 2. The molecule has 0 aliphatic carbocycles. The zero-order valence-electron chi connectivity index (χ0n) is 14.6. The Labute approximate surface area is 146 Å². The summed E-state index contributed by atoms with van der Waals surface area (Å²) in [5.41, 5.74) is 1.82. The van der Waals surface area contributed by atoms with Gasteiger partial charge in [0.1, 0.15) is 5.75 Å². The molecule has 0 spiro atoms. The second-order valence-corrected chi connectivity index (χ2v) is 5.55. The van der Waals surface area contributed by atoms with Crippen molar-refractivity contribution >= 4 is 0 Å². The lowest BCUT2D eigenvalue weighted by Gasteiger charge is -2.12. The van der Waals surface area contributed by atoms with Gasteiger partial charge in [0.2, 0.25) is 5.82 Å². The maximum absolute atomic E-state index is 5.92. The van der Waals surface area contributed by atoms with Crippen molar-refractivity contribution in [2.75, 3.05) is 14.2 Å². The molecule has 1 heterocycles. The van der Waals surface area contributed by atoms with Gasteiger partial charge >= 0.3 is 0 Å². The molecule has 1 atom stereocenters. The van der Waals surface area contributed by atoms with Crippen LogP contribution in [0.2, 0.25) is 0 Å².